The lowest BCUT2D eigenvalue weighted by Gasteiger charge is -2.04. The van der Waals surface area contributed by atoms with Crippen molar-refractivity contribution >= 4 is 22.8 Å². The molecular weight excluding hydrogens is 330 g/mol. The second kappa shape index (κ2) is 5.55. The first-order valence-corrected chi connectivity index (χ1v) is 8.53. The molecule has 8 nitrogen and oxygen atoms in total. The van der Waals surface area contributed by atoms with Crippen molar-refractivity contribution in [1.29, 1.82) is 0 Å². The van der Waals surface area contributed by atoms with E-state index in [1.165, 1.54) is 0 Å². The molecule has 0 unspecified atom stereocenters. The van der Waals surface area contributed by atoms with Crippen molar-refractivity contribution in [3.05, 3.63) is 47.8 Å². The van der Waals surface area contributed by atoms with Crippen LogP contribution in [0, 0.1) is 0 Å². The Bertz CT molecular complexity index is 1100. The van der Waals surface area contributed by atoms with E-state index in [2.05, 4.69) is 30.8 Å². The first kappa shape index (κ1) is 14.9. The molecule has 1 aromatic carbocycles. The summed E-state index contributed by atoms with van der Waals surface area (Å²) in [5.74, 6) is 0.757. The van der Waals surface area contributed by atoms with Crippen LogP contribution >= 0.6 is 0 Å². The number of benzene rings is 1. The van der Waals surface area contributed by atoms with E-state index in [9.17, 15) is 4.79 Å². The second-order valence-corrected chi connectivity index (χ2v) is 6.56. The highest BCUT2D eigenvalue weighted by Gasteiger charge is 2.30. The second-order valence-electron chi connectivity index (χ2n) is 6.56. The number of aryl methyl sites for hydroxylation is 1. The molecule has 1 aliphatic rings. The van der Waals surface area contributed by atoms with Gasteiger partial charge < -0.3 is 5.32 Å². The smallest absolute Gasteiger partial charge is 0.260 e. The zero-order chi connectivity index (χ0) is 17.7. The molecule has 1 aliphatic carbocycles. The Morgan fingerprint density at radius 2 is 2.04 bits per heavy atom. The van der Waals surface area contributed by atoms with Gasteiger partial charge in [0.05, 0.1) is 22.8 Å². The highest BCUT2D eigenvalue weighted by molar-refractivity contribution is 6.10. The van der Waals surface area contributed by atoms with Crippen LogP contribution in [-0.2, 0) is 7.05 Å². The molecule has 1 fully saturated rings. The first-order valence-electron chi connectivity index (χ1n) is 8.53. The Morgan fingerprint density at radius 3 is 2.81 bits per heavy atom. The number of rotatable bonds is 4. The van der Waals surface area contributed by atoms with E-state index in [1.54, 1.807) is 10.9 Å². The van der Waals surface area contributed by atoms with Crippen LogP contribution < -0.4 is 5.32 Å². The molecule has 0 radical (unpaired) electrons. The molecule has 5 rings (SSSR count). The van der Waals surface area contributed by atoms with Crippen LogP contribution in [0.1, 0.15) is 34.8 Å². The maximum Gasteiger partial charge on any atom is 0.260 e. The zero-order valence-electron chi connectivity index (χ0n) is 14.2. The van der Waals surface area contributed by atoms with Crippen LogP contribution in [0.25, 0.3) is 22.3 Å². The topological polar surface area (TPSA) is 104 Å². The summed E-state index contributed by atoms with van der Waals surface area (Å²) in [5, 5.41) is 22.5. The fourth-order valence-corrected chi connectivity index (χ4v) is 3.27. The van der Waals surface area contributed by atoms with E-state index in [4.69, 9.17) is 0 Å². The van der Waals surface area contributed by atoms with E-state index >= 15 is 0 Å². The van der Waals surface area contributed by atoms with Crippen LogP contribution in [0.4, 0.5) is 5.82 Å². The number of aromatic amines is 2. The van der Waals surface area contributed by atoms with E-state index in [0.717, 1.165) is 35.2 Å². The predicted molar refractivity (Wildman–Crippen MR) is 96.8 cm³/mol. The molecule has 0 aliphatic heterocycles. The summed E-state index contributed by atoms with van der Waals surface area (Å²) in [6.07, 6.45) is 3.77. The van der Waals surface area contributed by atoms with Gasteiger partial charge in [-0.3, -0.25) is 15.0 Å². The van der Waals surface area contributed by atoms with Crippen molar-refractivity contribution in [3.8, 4) is 11.3 Å². The molecule has 3 aromatic heterocycles. The number of hydrogen-bond acceptors (Lipinski definition) is 4. The normalized spacial score (nSPS) is 14.0. The molecule has 3 N–H and O–H groups in total. The largest absolute Gasteiger partial charge is 0.306 e. The highest BCUT2D eigenvalue weighted by Crippen LogP contribution is 2.40. The minimum absolute atomic E-state index is 0.200. The standard InChI is InChI=1S/C18H17N7O/c1-25-17-13(15(24-25)10-5-3-2-4-6-10)16(22-23-17)20-18(26)12-9-19-21-14(12)11-7-8-11/h2-6,9,11H,7-8H2,1H3,(H,19,21)(H2,20,22,23,26). The van der Waals surface area contributed by atoms with Gasteiger partial charge >= 0.3 is 0 Å². The Kier molecular flexibility index (Phi) is 3.18. The number of fused-ring (bicyclic) bond motifs is 1. The van der Waals surface area contributed by atoms with E-state index < -0.39 is 0 Å². The summed E-state index contributed by atoms with van der Waals surface area (Å²) in [6, 6.07) is 9.85. The zero-order valence-corrected chi connectivity index (χ0v) is 14.2. The summed E-state index contributed by atoms with van der Waals surface area (Å²) in [6.45, 7) is 0. The summed E-state index contributed by atoms with van der Waals surface area (Å²) in [7, 11) is 1.84. The molecule has 0 saturated heterocycles. The van der Waals surface area contributed by atoms with Crippen molar-refractivity contribution < 1.29 is 4.79 Å². The third kappa shape index (κ3) is 2.30. The van der Waals surface area contributed by atoms with Crippen LogP contribution in [0.2, 0.25) is 0 Å². The van der Waals surface area contributed by atoms with E-state index in [0.29, 0.717) is 22.9 Å². The molecular formula is C18H17N7O. The van der Waals surface area contributed by atoms with Crippen LogP contribution in [0.3, 0.4) is 0 Å². The quantitative estimate of drug-likeness (QED) is 0.528. The van der Waals surface area contributed by atoms with E-state index in [-0.39, 0.29) is 5.91 Å². The molecule has 4 aromatic rings. The Morgan fingerprint density at radius 1 is 1.23 bits per heavy atom. The fourth-order valence-electron chi connectivity index (χ4n) is 3.27. The number of hydrogen-bond donors (Lipinski definition) is 3. The van der Waals surface area contributed by atoms with Gasteiger partial charge in [0.25, 0.3) is 5.91 Å². The van der Waals surface area contributed by atoms with Gasteiger partial charge in [0.2, 0.25) is 0 Å². The number of nitrogens with one attached hydrogen (secondary N) is 3. The van der Waals surface area contributed by atoms with Gasteiger partial charge in [-0.25, -0.2) is 4.68 Å². The highest BCUT2D eigenvalue weighted by atomic mass is 16.1. The predicted octanol–water partition coefficient (Wildman–Crippen LogP) is 2.82. The third-order valence-corrected chi connectivity index (χ3v) is 4.73. The van der Waals surface area contributed by atoms with Gasteiger partial charge in [-0.2, -0.15) is 15.3 Å². The molecule has 1 saturated carbocycles. The van der Waals surface area contributed by atoms with Gasteiger partial charge in [-0.05, 0) is 12.8 Å². The van der Waals surface area contributed by atoms with E-state index in [1.807, 2.05) is 37.4 Å². The molecule has 3 heterocycles. The number of carbonyl (C=O) groups is 1. The summed E-state index contributed by atoms with van der Waals surface area (Å²) in [5.41, 5.74) is 3.93. The average Bonchev–Trinajstić information content (AvgIpc) is 3.10. The number of amides is 1. The summed E-state index contributed by atoms with van der Waals surface area (Å²) >= 11 is 0. The number of nitrogens with zero attached hydrogens (tertiary/aromatic N) is 4. The Hall–Kier alpha value is -3.42. The maximum atomic E-state index is 12.8. The number of carbonyl (C=O) groups excluding carboxylic acids is 1. The molecule has 0 bridgehead atoms. The molecule has 0 atom stereocenters. The minimum atomic E-state index is -0.200. The van der Waals surface area contributed by atoms with Gasteiger partial charge in [0.1, 0.15) is 11.5 Å². The van der Waals surface area contributed by atoms with Crippen molar-refractivity contribution in [2.75, 3.05) is 5.32 Å². The van der Waals surface area contributed by atoms with Crippen molar-refractivity contribution in [2.24, 2.45) is 7.05 Å². The average molecular weight is 347 g/mol. The van der Waals surface area contributed by atoms with Crippen LogP contribution in [0.5, 0.6) is 0 Å². The first-order chi connectivity index (χ1) is 12.7. The monoisotopic (exact) mass is 347 g/mol. The van der Waals surface area contributed by atoms with Gasteiger partial charge in [-0.15, -0.1) is 0 Å². The third-order valence-electron chi connectivity index (χ3n) is 4.73. The van der Waals surface area contributed by atoms with Gasteiger partial charge in [0, 0.05) is 18.5 Å². The number of aromatic nitrogens is 6. The fraction of sp³-hybridized carbons (Fsp3) is 0.222. The van der Waals surface area contributed by atoms with Crippen molar-refractivity contribution in [2.45, 2.75) is 18.8 Å². The summed E-state index contributed by atoms with van der Waals surface area (Å²) < 4.78 is 1.71. The van der Waals surface area contributed by atoms with Crippen LogP contribution in [-0.4, -0.2) is 36.1 Å². The maximum absolute atomic E-state index is 12.8. The SMILES string of the molecule is Cn1nc(-c2ccccc2)c2c(NC(=O)c3cn[nH]c3C3CC3)[nH]nc21. The van der Waals surface area contributed by atoms with Crippen molar-refractivity contribution in [1.82, 2.24) is 30.2 Å². The van der Waals surface area contributed by atoms with Gasteiger partial charge in [0.15, 0.2) is 5.65 Å². The molecule has 8 heteroatoms. The Balaban J connectivity index is 1.55. The van der Waals surface area contributed by atoms with Crippen molar-refractivity contribution in [3.63, 3.8) is 0 Å². The molecule has 0 spiro atoms. The minimum Gasteiger partial charge on any atom is -0.306 e. The lowest BCUT2D eigenvalue weighted by atomic mass is 10.1. The Labute approximate surface area is 148 Å². The lowest BCUT2D eigenvalue weighted by Crippen LogP contribution is -2.13. The molecule has 130 valence electrons. The van der Waals surface area contributed by atoms with Gasteiger partial charge in [-0.1, -0.05) is 30.3 Å². The lowest BCUT2D eigenvalue weighted by molar-refractivity contribution is 0.102. The molecule has 1 amide bonds. The molecule has 26 heavy (non-hydrogen) atoms. The van der Waals surface area contributed by atoms with Crippen LogP contribution in [0.15, 0.2) is 36.5 Å². The number of H-pyrrole nitrogens is 2. The summed E-state index contributed by atoms with van der Waals surface area (Å²) in [4.78, 5) is 12.8. The number of anilines is 1.